The van der Waals surface area contributed by atoms with E-state index in [1.54, 1.807) is 36.4 Å². The summed E-state index contributed by atoms with van der Waals surface area (Å²) in [6.07, 6.45) is 3.68. The molecule has 40 heavy (non-hydrogen) atoms. The Kier molecular flexibility index (Phi) is 7.63. The van der Waals surface area contributed by atoms with Gasteiger partial charge in [-0.1, -0.05) is 36.3 Å². The zero-order chi connectivity index (χ0) is 28.2. The number of nitrogens with one attached hydrogen (secondary N) is 2. The van der Waals surface area contributed by atoms with Crippen LogP contribution in [0.15, 0.2) is 66.7 Å². The Morgan fingerprint density at radius 2 is 1.73 bits per heavy atom. The molecule has 0 saturated heterocycles. The minimum absolute atomic E-state index is 0.0286. The van der Waals surface area contributed by atoms with Crippen LogP contribution in [0.25, 0.3) is 11.0 Å². The average Bonchev–Trinajstić information content (AvgIpc) is 3.59. The van der Waals surface area contributed by atoms with E-state index in [-0.39, 0.29) is 24.2 Å². The SMILES string of the molecule is CC(=O)Nc1ccc(N(C(=O)Cn2nnc3ccccc32)[C@H](C(=O)NC2CCCC2)c2ccc(O)c(O)c2)cc1. The van der Waals surface area contributed by atoms with Gasteiger partial charge in [-0.25, -0.2) is 4.68 Å². The van der Waals surface area contributed by atoms with Gasteiger partial charge >= 0.3 is 0 Å². The van der Waals surface area contributed by atoms with Gasteiger partial charge in [-0.15, -0.1) is 5.10 Å². The maximum atomic E-state index is 14.1. The molecule has 5 rings (SSSR count). The standard InChI is InChI=1S/C29H30N6O5/c1-18(36)30-21-11-13-22(14-12-21)35(27(39)17-34-24-9-5-4-8-23(24)32-33-34)28(19-10-15-25(37)26(38)16-19)29(40)31-20-6-2-3-7-20/h4-5,8-16,20,28,37-38H,2-3,6-7,17H2,1H3,(H,30,36)(H,31,40)/t28-/m0/s1. The number of phenolic OH excluding ortho intramolecular Hbond substituents is 2. The molecule has 11 nitrogen and oxygen atoms in total. The minimum atomic E-state index is -1.18. The van der Waals surface area contributed by atoms with E-state index in [0.717, 1.165) is 25.7 Å². The third kappa shape index (κ3) is 5.73. The number of aromatic nitrogens is 3. The summed E-state index contributed by atoms with van der Waals surface area (Å²) in [7, 11) is 0. The van der Waals surface area contributed by atoms with Crippen molar-refractivity contribution >= 4 is 40.1 Å². The fraction of sp³-hybridized carbons (Fsp3) is 0.276. The van der Waals surface area contributed by atoms with Crippen LogP contribution in [0.3, 0.4) is 0 Å². The molecule has 3 aromatic carbocycles. The summed E-state index contributed by atoms with van der Waals surface area (Å²) < 4.78 is 1.47. The Labute approximate surface area is 230 Å². The molecular weight excluding hydrogens is 512 g/mol. The summed E-state index contributed by atoms with van der Waals surface area (Å²) in [4.78, 5) is 40.9. The first-order valence-corrected chi connectivity index (χ1v) is 13.1. The quantitative estimate of drug-likeness (QED) is 0.248. The number of fused-ring (bicyclic) bond motifs is 1. The fourth-order valence-corrected chi connectivity index (χ4v) is 5.06. The molecule has 0 aliphatic heterocycles. The smallest absolute Gasteiger partial charge is 0.249 e. The van der Waals surface area contributed by atoms with Crippen molar-refractivity contribution in [2.45, 2.75) is 51.2 Å². The van der Waals surface area contributed by atoms with Crippen molar-refractivity contribution < 1.29 is 24.6 Å². The van der Waals surface area contributed by atoms with Gasteiger partial charge in [0, 0.05) is 24.3 Å². The van der Waals surface area contributed by atoms with E-state index in [0.29, 0.717) is 28.0 Å². The molecule has 0 bridgehead atoms. The van der Waals surface area contributed by atoms with E-state index >= 15 is 0 Å². The maximum Gasteiger partial charge on any atom is 0.249 e. The van der Waals surface area contributed by atoms with E-state index in [1.165, 1.54) is 34.7 Å². The molecule has 1 aromatic heterocycles. The van der Waals surface area contributed by atoms with Crippen LogP contribution >= 0.6 is 0 Å². The minimum Gasteiger partial charge on any atom is -0.504 e. The highest BCUT2D eigenvalue weighted by molar-refractivity contribution is 6.02. The average molecular weight is 543 g/mol. The zero-order valence-electron chi connectivity index (χ0n) is 21.9. The van der Waals surface area contributed by atoms with Gasteiger partial charge in [0.05, 0.1) is 5.52 Å². The number of carbonyl (C=O) groups excluding carboxylic acids is 3. The first kappa shape index (κ1) is 26.7. The number of para-hydroxylation sites is 1. The van der Waals surface area contributed by atoms with Crippen LogP contribution in [0.4, 0.5) is 11.4 Å². The Morgan fingerprint density at radius 3 is 2.42 bits per heavy atom. The molecule has 1 heterocycles. The van der Waals surface area contributed by atoms with Crippen molar-refractivity contribution in [3.63, 3.8) is 0 Å². The highest BCUT2D eigenvalue weighted by atomic mass is 16.3. The van der Waals surface area contributed by atoms with E-state index in [2.05, 4.69) is 20.9 Å². The number of amides is 3. The first-order valence-electron chi connectivity index (χ1n) is 13.1. The van der Waals surface area contributed by atoms with Crippen LogP contribution in [0.2, 0.25) is 0 Å². The monoisotopic (exact) mass is 542 g/mol. The van der Waals surface area contributed by atoms with Gasteiger partial charge in [0.1, 0.15) is 18.1 Å². The first-order chi connectivity index (χ1) is 19.3. The van der Waals surface area contributed by atoms with Crippen LogP contribution in [0.5, 0.6) is 11.5 Å². The lowest BCUT2D eigenvalue weighted by atomic mass is 10.0. The van der Waals surface area contributed by atoms with E-state index < -0.39 is 23.6 Å². The molecule has 0 spiro atoms. The van der Waals surface area contributed by atoms with Crippen LogP contribution in [0.1, 0.15) is 44.2 Å². The van der Waals surface area contributed by atoms with Crippen molar-refractivity contribution in [2.75, 3.05) is 10.2 Å². The van der Waals surface area contributed by atoms with Crippen LogP contribution in [0, 0.1) is 0 Å². The molecule has 1 aliphatic carbocycles. The number of nitrogens with zero attached hydrogens (tertiary/aromatic N) is 4. The van der Waals surface area contributed by atoms with Crippen molar-refractivity contribution in [3.8, 4) is 11.5 Å². The molecule has 1 saturated carbocycles. The summed E-state index contributed by atoms with van der Waals surface area (Å²) in [5.41, 5.74) is 2.52. The van der Waals surface area contributed by atoms with Gasteiger partial charge in [0.15, 0.2) is 11.5 Å². The highest BCUT2D eigenvalue weighted by Crippen LogP contribution is 2.34. The van der Waals surface area contributed by atoms with Gasteiger partial charge in [-0.2, -0.15) is 0 Å². The molecule has 4 N–H and O–H groups in total. The number of rotatable bonds is 8. The maximum absolute atomic E-state index is 14.1. The van der Waals surface area contributed by atoms with Crippen LogP contribution in [-0.4, -0.2) is 49.0 Å². The predicted octanol–water partition coefficient (Wildman–Crippen LogP) is 3.63. The van der Waals surface area contributed by atoms with Crippen molar-refractivity contribution in [1.82, 2.24) is 20.3 Å². The molecule has 4 aromatic rings. The lowest BCUT2D eigenvalue weighted by Gasteiger charge is -2.32. The largest absolute Gasteiger partial charge is 0.504 e. The Morgan fingerprint density at radius 1 is 1.00 bits per heavy atom. The Bertz CT molecular complexity index is 1540. The second-order valence-electron chi connectivity index (χ2n) is 9.87. The summed E-state index contributed by atoms with van der Waals surface area (Å²) >= 11 is 0. The molecule has 0 radical (unpaired) electrons. The number of phenols is 2. The van der Waals surface area contributed by atoms with Crippen LogP contribution < -0.4 is 15.5 Å². The Balaban J connectivity index is 1.58. The van der Waals surface area contributed by atoms with Gasteiger partial charge in [0.25, 0.3) is 0 Å². The molecule has 206 valence electrons. The molecule has 1 fully saturated rings. The van der Waals surface area contributed by atoms with Gasteiger partial charge in [-0.05, 0) is 66.9 Å². The van der Waals surface area contributed by atoms with E-state index in [9.17, 15) is 24.6 Å². The third-order valence-corrected chi connectivity index (χ3v) is 6.96. The number of hydrogen-bond donors (Lipinski definition) is 4. The molecule has 11 heteroatoms. The molecular formula is C29H30N6O5. The number of benzene rings is 3. The molecule has 1 aliphatic rings. The van der Waals surface area contributed by atoms with Crippen molar-refractivity contribution in [2.24, 2.45) is 0 Å². The van der Waals surface area contributed by atoms with Crippen LogP contribution in [-0.2, 0) is 20.9 Å². The second kappa shape index (κ2) is 11.4. The predicted molar refractivity (Wildman–Crippen MR) is 149 cm³/mol. The van der Waals surface area contributed by atoms with E-state index in [1.807, 2.05) is 12.1 Å². The van der Waals surface area contributed by atoms with Gasteiger partial charge in [-0.3, -0.25) is 19.3 Å². The van der Waals surface area contributed by atoms with Crippen molar-refractivity contribution in [1.29, 1.82) is 0 Å². The van der Waals surface area contributed by atoms with E-state index in [4.69, 9.17) is 0 Å². The zero-order valence-corrected chi connectivity index (χ0v) is 21.9. The molecule has 0 unspecified atom stereocenters. The van der Waals surface area contributed by atoms with Gasteiger partial charge < -0.3 is 20.8 Å². The van der Waals surface area contributed by atoms with Crippen molar-refractivity contribution in [3.05, 3.63) is 72.3 Å². The highest BCUT2D eigenvalue weighted by Gasteiger charge is 2.35. The number of anilines is 2. The normalized spacial score (nSPS) is 14.1. The number of hydrogen-bond acceptors (Lipinski definition) is 7. The topological polar surface area (TPSA) is 150 Å². The third-order valence-electron chi connectivity index (χ3n) is 6.96. The lowest BCUT2D eigenvalue weighted by Crippen LogP contribution is -2.47. The summed E-state index contributed by atoms with van der Waals surface area (Å²) in [6, 6.07) is 16.7. The molecule has 1 atom stereocenters. The number of carbonyl (C=O) groups is 3. The summed E-state index contributed by atoms with van der Waals surface area (Å²) in [6.45, 7) is 1.18. The summed E-state index contributed by atoms with van der Waals surface area (Å²) in [5.74, 6) is -1.87. The fourth-order valence-electron chi connectivity index (χ4n) is 5.06. The summed E-state index contributed by atoms with van der Waals surface area (Å²) in [5, 5.41) is 34.3. The Hall–Kier alpha value is -4.93. The molecule has 3 amide bonds. The lowest BCUT2D eigenvalue weighted by molar-refractivity contribution is -0.127. The number of aromatic hydroxyl groups is 2. The second-order valence-corrected chi connectivity index (χ2v) is 9.87. The van der Waals surface area contributed by atoms with Gasteiger partial charge in [0.2, 0.25) is 17.7 Å².